The van der Waals surface area contributed by atoms with Crippen molar-refractivity contribution < 1.29 is 4.79 Å². The third-order valence-corrected chi connectivity index (χ3v) is 3.63. The first-order valence-electron chi connectivity index (χ1n) is 7.33. The Labute approximate surface area is 138 Å². The van der Waals surface area contributed by atoms with Gasteiger partial charge in [0.1, 0.15) is 5.82 Å². The lowest BCUT2D eigenvalue weighted by Crippen LogP contribution is -2.13. The number of carbonyl (C=O) groups is 1. The van der Waals surface area contributed by atoms with Crippen LogP contribution in [0.1, 0.15) is 36.5 Å². The van der Waals surface area contributed by atoms with Crippen LogP contribution < -0.4 is 10.6 Å². The van der Waals surface area contributed by atoms with Gasteiger partial charge in [0.25, 0.3) is 5.91 Å². The molecule has 5 nitrogen and oxygen atoms in total. The number of halogens is 1. The zero-order valence-electron chi connectivity index (χ0n) is 12.5. The first-order chi connectivity index (χ1) is 10.7. The zero-order valence-corrected chi connectivity index (χ0v) is 14.1. The number of nitrogens with zero attached hydrogens (tertiary/aromatic N) is 2. The average Bonchev–Trinajstić information content (AvgIpc) is 2.54. The molecule has 0 spiro atoms. The smallest absolute Gasteiger partial charge is 0.256 e. The van der Waals surface area contributed by atoms with Crippen LogP contribution in [0.25, 0.3) is 0 Å². The van der Waals surface area contributed by atoms with E-state index in [9.17, 15) is 4.79 Å². The molecule has 1 amide bonds. The number of carbonyl (C=O) groups excluding carboxylic acids is 1. The monoisotopic (exact) mass is 362 g/mol. The lowest BCUT2D eigenvalue weighted by Gasteiger charge is -2.06. The number of amides is 1. The van der Waals surface area contributed by atoms with Gasteiger partial charge in [0.05, 0.1) is 0 Å². The molecule has 0 aliphatic heterocycles. The van der Waals surface area contributed by atoms with E-state index in [2.05, 4.69) is 43.7 Å². The van der Waals surface area contributed by atoms with Crippen molar-refractivity contribution in [3.05, 3.63) is 46.4 Å². The fourth-order valence-corrected chi connectivity index (χ4v) is 2.14. The van der Waals surface area contributed by atoms with Crippen LogP contribution in [0.2, 0.25) is 0 Å². The highest BCUT2D eigenvalue weighted by Gasteiger charge is 2.07. The Balaban J connectivity index is 1.88. The van der Waals surface area contributed by atoms with Gasteiger partial charge in [0.2, 0.25) is 0 Å². The third kappa shape index (κ3) is 5.11. The molecule has 116 valence electrons. The molecule has 0 saturated heterocycles. The summed E-state index contributed by atoms with van der Waals surface area (Å²) in [6, 6.07) is 10.7. The van der Waals surface area contributed by atoms with Crippen molar-refractivity contribution in [2.75, 3.05) is 17.2 Å². The fraction of sp³-hybridized carbons (Fsp3) is 0.312. The van der Waals surface area contributed by atoms with Crippen molar-refractivity contribution in [2.45, 2.75) is 26.2 Å². The molecular formula is C16H19BrN4O. The molecule has 0 saturated carbocycles. The van der Waals surface area contributed by atoms with E-state index < -0.39 is 0 Å². The van der Waals surface area contributed by atoms with Crippen LogP contribution in [0.4, 0.5) is 11.6 Å². The van der Waals surface area contributed by atoms with Gasteiger partial charge >= 0.3 is 0 Å². The summed E-state index contributed by atoms with van der Waals surface area (Å²) in [6.07, 6.45) is 3.50. The molecule has 1 heterocycles. The number of hydrogen-bond acceptors (Lipinski definition) is 4. The molecule has 1 aromatic carbocycles. The van der Waals surface area contributed by atoms with E-state index >= 15 is 0 Å². The maximum absolute atomic E-state index is 12.0. The summed E-state index contributed by atoms with van der Waals surface area (Å²) in [7, 11) is 0. The van der Waals surface area contributed by atoms with Gasteiger partial charge in [-0.2, -0.15) is 0 Å². The second-order valence-electron chi connectivity index (χ2n) is 4.90. The number of aromatic nitrogens is 2. The standard InChI is InChI=1S/C16H19BrN4O/c1-2-3-4-11-18-14-9-10-15(21-20-14)19-16(22)12-5-7-13(17)8-6-12/h5-10H,2-4,11H2,1H3,(H,18,20)(H,19,21,22). The highest BCUT2D eigenvalue weighted by atomic mass is 79.9. The SMILES string of the molecule is CCCCCNc1ccc(NC(=O)c2ccc(Br)cc2)nn1. The van der Waals surface area contributed by atoms with Crippen LogP contribution in [0.3, 0.4) is 0 Å². The highest BCUT2D eigenvalue weighted by Crippen LogP contribution is 2.12. The Morgan fingerprint density at radius 1 is 1.05 bits per heavy atom. The van der Waals surface area contributed by atoms with Gasteiger partial charge in [0, 0.05) is 16.6 Å². The molecular weight excluding hydrogens is 344 g/mol. The predicted octanol–water partition coefficient (Wildman–Crippen LogP) is 4.09. The van der Waals surface area contributed by atoms with Crippen LogP contribution in [-0.2, 0) is 0 Å². The van der Waals surface area contributed by atoms with Gasteiger partial charge in [-0.3, -0.25) is 4.79 Å². The summed E-state index contributed by atoms with van der Waals surface area (Å²) < 4.78 is 0.933. The van der Waals surface area contributed by atoms with E-state index in [1.165, 1.54) is 12.8 Å². The third-order valence-electron chi connectivity index (χ3n) is 3.10. The Kier molecular flexibility index (Phi) is 6.33. The molecule has 0 atom stereocenters. The zero-order chi connectivity index (χ0) is 15.8. The Morgan fingerprint density at radius 2 is 1.73 bits per heavy atom. The van der Waals surface area contributed by atoms with Gasteiger partial charge in [-0.05, 0) is 42.8 Å². The van der Waals surface area contributed by atoms with E-state index in [0.29, 0.717) is 11.4 Å². The van der Waals surface area contributed by atoms with Crippen molar-refractivity contribution in [1.82, 2.24) is 10.2 Å². The Morgan fingerprint density at radius 3 is 2.36 bits per heavy atom. The van der Waals surface area contributed by atoms with Crippen LogP contribution >= 0.6 is 15.9 Å². The molecule has 2 rings (SSSR count). The van der Waals surface area contributed by atoms with E-state index in [0.717, 1.165) is 23.3 Å². The van der Waals surface area contributed by atoms with Crippen molar-refractivity contribution >= 4 is 33.5 Å². The minimum atomic E-state index is -0.203. The van der Waals surface area contributed by atoms with Crippen molar-refractivity contribution in [3.63, 3.8) is 0 Å². The second kappa shape index (κ2) is 8.48. The number of rotatable bonds is 7. The molecule has 0 aliphatic carbocycles. The second-order valence-corrected chi connectivity index (χ2v) is 5.81. The maximum atomic E-state index is 12.0. The lowest BCUT2D eigenvalue weighted by atomic mass is 10.2. The van der Waals surface area contributed by atoms with Gasteiger partial charge in [-0.1, -0.05) is 35.7 Å². The van der Waals surface area contributed by atoms with Gasteiger partial charge < -0.3 is 10.6 Å². The molecule has 0 unspecified atom stereocenters. The number of hydrogen-bond donors (Lipinski definition) is 2. The molecule has 0 radical (unpaired) electrons. The number of nitrogens with one attached hydrogen (secondary N) is 2. The van der Waals surface area contributed by atoms with E-state index in [1.54, 1.807) is 18.2 Å². The van der Waals surface area contributed by atoms with Gasteiger partial charge in [0.15, 0.2) is 5.82 Å². The normalized spacial score (nSPS) is 10.3. The molecule has 0 bridgehead atoms. The number of benzene rings is 1. The average molecular weight is 363 g/mol. The largest absolute Gasteiger partial charge is 0.369 e. The highest BCUT2D eigenvalue weighted by molar-refractivity contribution is 9.10. The predicted molar refractivity (Wildman–Crippen MR) is 92.1 cm³/mol. The topological polar surface area (TPSA) is 66.9 Å². The Bertz CT molecular complexity index is 599. The summed E-state index contributed by atoms with van der Waals surface area (Å²) in [5, 5.41) is 14.0. The Hall–Kier alpha value is -1.95. The van der Waals surface area contributed by atoms with Crippen LogP contribution in [-0.4, -0.2) is 22.6 Å². The van der Waals surface area contributed by atoms with E-state index in [-0.39, 0.29) is 5.91 Å². The molecule has 0 aliphatic rings. The molecule has 1 aromatic heterocycles. The van der Waals surface area contributed by atoms with Gasteiger partial charge in [-0.15, -0.1) is 10.2 Å². The van der Waals surface area contributed by atoms with E-state index in [4.69, 9.17) is 0 Å². The van der Waals surface area contributed by atoms with Crippen LogP contribution in [0, 0.1) is 0 Å². The lowest BCUT2D eigenvalue weighted by molar-refractivity contribution is 0.102. The molecule has 2 N–H and O–H groups in total. The quantitative estimate of drug-likeness (QED) is 0.727. The van der Waals surface area contributed by atoms with Crippen molar-refractivity contribution in [1.29, 1.82) is 0 Å². The number of unbranched alkanes of at least 4 members (excludes halogenated alkanes) is 2. The summed E-state index contributed by atoms with van der Waals surface area (Å²) in [5.41, 5.74) is 0.576. The molecule has 22 heavy (non-hydrogen) atoms. The maximum Gasteiger partial charge on any atom is 0.256 e. The summed E-state index contributed by atoms with van der Waals surface area (Å²) in [5.74, 6) is 0.954. The minimum absolute atomic E-state index is 0.203. The van der Waals surface area contributed by atoms with Crippen molar-refractivity contribution in [3.8, 4) is 0 Å². The number of anilines is 2. The molecule has 0 fully saturated rings. The summed E-state index contributed by atoms with van der Waals surface area (Å²) in [6.45, 7) is 3.05. The first-order valence-corrected chi connectivity index (χ1v) is 8.13. The van der Waals surface area contributed by atoms with E-state index in [1.807, 2.05) is 18.2 Å². The van der Waals surface area contributed by atoms with Crippen LogP contribution in [0.15, 0.2) is 40.9 Å². The summed E-state index contributed by atoms with van der Waals surface area (Å²) in [4.78, 5) is 12.0. The van der Waals surface area contributed by atoms with Crippen molar-refractivity contribution in [2.24, 2.45) is 0 Å². The molecule has 6 heteroatoms. The first kappa shape index (κ1) is 16.4. The summed E-state index contributed by atoms with van der Waals surface area (Å²) >= 11 is 3.34. The minimum Gasteiger partial charge on any atom is -0.369 e. The van der Waals surface area contributed by atoms with Gasteiger partial charge in [-0.25, -0.2) is 0 Å². The van der Waals surface area contributed by atoms with Crippen LogP contribution in [0.5, 0.6) is 0 Å². The fourth-order valence-electron chi connectivity index (χ4n) is 1.87. The molecule has 2 aromatic rings.